The molecule has 1 heterocycles. The molecule has 3 nitrogen and oxygen atoms in total. The summed E-state index contributed by atoms with van der Waals surface area (Å²) in [6.45, 7) is 4.33. The largest absolute Gasteiger partial charge is 0.293 e. The second-order valence-electron chi connectivity index (χ2n) is 7.68. The minimum Gasteiger partial charge on any atom is -0.293 e. The molecular formula is C25H24N2O. The summed E-state index contributed by atoms with van der Waals surface area (Å²) >= 11 is 0. The molecular weight excluding hydrogens is 344 g/mol. The van der Waals surface area contributed by atoms with Crippen molar-refractivity contribution < 1.29 is 4.79 Å². The van der Waals surface area contributed by atoms with Gasteiger partial charge in [0.25, 0.3) is 0 Å². The van der Waals surface area contributed by atoms with Crippen LogP contribution in [-0.2, 0) is 0 Å². The van der Waals surface area contributed by atoms with E-state index in [0.717, 1.165) is 31.7 Å². The van der Waals surface area contributed by atoms with Crippen LogP contribution in [0, 0.1) is 0 Å². The van der Waals surface area contributed by atoms with Gasteiger partial charge in [0.05, 0.1) is 12.6 Å². The Balaban J connectivity index is 1.30. The number of hydrogen-bond donors (Lipinski definition) is 0. The normalized spacial score (nSPS) is 17.3. The van der Waals surface area contributed by atoms with Crippen molar-refractivity contribution in [3.8, 4) is 11.1 Å². The fourth-order valence-electron chi connectivity index (χ4n) is 4.62. The summed E-state index contributed by atoms with van der Waals surface area (Å²) in [4.78, 5) is 17.4. The van der Waals surface area contributed by atoms with Crippen LogP contribution in [-0.4, -0.2) is 48.3 Å². The number of carbonyl (C=O) groups is 1. The Labute approximate surface area is 166 Å². The van der Waals surface area contributed by atoms with Crippen LogP contribution in [0.15, 0.2) is 78.9 Å². The fraction of sp³-hybridized carbons (Fsp3) is 0.240. The molecule has 1 fully saturated rings. The first kappa shape index (κ1) is 17.4. The van der Waals surface area contributed by atoms with Gasteiger partial charge in [-0.1, -0.05) is 78.9 Å². The molecule has 140 valence electrons. The molecule has 0 N–H and O–H groups in total. The first-order valence-electron chi connectivity index (χ1n) is 10.0. The van der Waals surface area contributed by atoms with Crippen LogP contribution in [0.3, 0.4) is 0 Å². The zero-order valence-electron chi connectivity index (χ0n) is 15.9. The molecule has 2 aliphatic rings. The number of nitrogens with zero attached hydrogens (tertiary/aromatic N) is 2. The molecule has 0 bridgehead atoms. The number of rotatable bonds is 4. The molecule has 3 heteroatoms. The quantitative estimate of drug-likeness (QED) is 0.643. The van der Waals surface area contributed by atoms with Gasteiger partial charge in [-0.25, -0.2) is 0 Å². The Hall–Kier alpha value is -2.75. The molecule has 0 atom stereocenters. The van der Waals surface area contributed by atoms with Gasteiger partial charge in [0.2, 0.25) is 0 Å². The standard InChI is InChI=1S/C25H24N2O/c28-24(19-8-2-1-3-9-19)18-26-14-16-27(17-15-26)25-22-12-6-4-10-20(22)21-11-5-7-13-23(21)25/h1-13,25H,14-18H2. The highest BCUT2D eigenvalue weighted by atomic mass is 16.1. The van der Waals surface area contributed by atoms with Crippen LogP contribution >= 0.6 is 0 Å². The van der Waals surface area contributed by atoms with E-state index in [4.69, 9.17) is 0 Å². The van der Waals surface area contributed by atoms with Crippen molar-refractivity contribution in [3.63, 3.8) is 0 Å². The van der Waals surface area contributed by atoms with Gasteiger partial charge >= 0.3 is 0 Å². The first-order valence-corrected chi connectivity index (χ1v) is 10.0. The molecule has 0 saturated carbocycles. The van der Waals surface area contributed by atoms with Crippen LogP contribution < -0.4 is 0 Å². The van der Waals surface area contributed by atoms with Crippen molar-refractivity contribution in [3.05, 3.63) is 95.6 Å². The van der Waals surface area contributed by atoms with E-state index in [1.54, 1.807) is 0 Å². The van der Waals surface area contributed by atoms with E-state index in [-0.39, 0.29) is 5.78 Å². The predicted molar refractivity (Wildman–Crippen MR) is 113 cm³/mol. The number of piperazine rings is 1. The van der Waals surface area contributed by atoms with Crippen molar-refractivity contribution in [2.75, 3.05) is 32.7 Å². The molecule has 0 aromatic heterocycles. The zero-order valence-corrected chi connectivity index (χ0v) is 15.9. The van der Waals surface area contributed by atoms with Gasteiger partial charge in [-0.05, 0) is 22.3 Å². The Morgan fingerprint density at radius 1 is 0.714 bits per heavy atom. The summed E-state index contributed by atoms with van der Waals surface area (Å²) in [5, 5.41) is 0. The summed E-state index contributed by atoms with van der Waals surface area (Å²) < 4.78 is 0. The lowest BCUT2D eigenvalue weighted by Gasteiger charge is -2.38. The molecule has 3 aromatic rings. The Bertz CT molecular complexity index is 945. The van der Waals surface area contributed by atoms with Crippen LogP contribution in [0.2, 0.25) is 0 Å². The van der Waals surface area contributed by atoms with Crippen LogP contribution in [0.1, 0.15) is 27.5 Å². The third kappa shape index (κ3) is 3.07. The van der Waals surface area contributed by atoms with E-state index in [2.05, 4.69) is 58.3 Å². The van der Waals surface area contributed by atoms with Crippen LogP contribution in [0.5, 0.6) is 0 Å². The van der Waals surface area contributed by atoms with Crippen molar-refractivity contribution in [2.45, 2.75) is 6.04 Å². The average Bonchev–Trinajstić information content (AvgIpc) is 3.09. The number of fused-ring (bicyclic) bond motifs is 3. The van der Waals surface area contributed by atoms with E-state index in [1.807, 2.05) is 30.3 Å². The Kier molecular flexibility index (Phi) is 4.55. The van der Waals surface area contributed by atoms with Crippen LogP contribution in [0.4, 0.5) is 0 Å². The lowest BCUT2D eigenvalue weighted by molar-refractivity contribution is 0.0811. The van der Waals surface area contributed by atoms with Gasteiger partial charge in [0.1, 0.15) is 0 Å². The van der Waals surface area contributed by atoms with E-state index < -0.39 is 0 Å². The Morgan fingerprint density at radius 2 is 1.25 bits per heavy atom. The lowest BCUT2D eigenvalue weighted by Crippen LogP contribution is -2.48. The Morgan fingerprint density at radius 3 is 1.86 bits per heavy atom. The molecule has 28 heavy (non-hydrogen) atoms. The number of carbonyl (C=O) groups excluding carboxylic acids is 1. The van der Waals surface area contributed by atoms with E-state index in [9.17, 15) is 4.79 Å². The van der Waals surface area contributed by atoms with E-state index >= 15 is 0 Å². The molecule has 0 unspecified atom stereocenters. The van der Waals surface area contributed by atoms with Gasteiger partial charge < -0.3 is 0 Å². The minimum absolute atomic E-state index is 0.214. The highest BCUT2D eigenvalue weighted by Gasteiger charge is 2.34. The van der Waals surface area contributed by atoms with Crippen molar-refractivity contribution in [1.29, 1.82) is 0 Å². The number of benzene rings is 3. The van der Waals surface area contributed by atoms with Crippen molar-refractivity contribution in [2.24, 2.45) is 0 Å². The third-order valence-corrected chi connectivity index (χ3v) is 6.04. The number of ketones is 1. The smallest absolute Gasteiger partial charge is 0.176 e. The SMILES string of the molecule is O=C(CN1CCN(C2c3ccccc3-c3ccccc32)CC1)c1ccccc1. The second-order valence-corrected chi connectivity index (χ2v) is 7.68. The topological polar surface area (TPSA) is 23.6 Å². The van der Waals surface area contributed by atoms with Crippen LogP contribution in [0.25, 0.3) is 11.1 Å². The summed E-state index contributed by atoms with van der Waals surface area (Å²) in [5.41, 5.74) is 6.37. The van der Waals surface area contributed by atoms with E-state index in [0.29, 0.717) is 12.6 Å². The number of hydrogen-bond acceptors (Lipinski definition) is 3. The van der Waals surface area contributed by atoms with Gasteiger partial charge in [-0.3, -0.25) is 14.6 Å². The molecule has 1 aliphatic carbocycles. The average molecular weight is 368 g/mol. The van der Waals surface area contributed by atoms with Gasteiger partial charge in [-0.2, -0.15) is 0 Å². The van der Waals surface area contributed by atoms with Gasteiger partial charge in [0, 0.05) is 31.7 Å². The highest BCUT2D eigenvalue weighted by molar-refractivity contribution is 5.97. The molecule has 1 saturated heterocycles. The highest BCUT2D eigenvalue weighted by Crippen LogP contribution is 2.46. The molecule has 0 spiro atoms. The summed E-state index contributed by atoms with van der Waals surface area (Å²) in [6.07, 6.45) is 0. The maximum Gasteiger partial charge on any atom is 0.176 e. The summed E-state index contributed by atoms with van der Waals surface area (Å²) in [5.74, 6) is 0.214. The molecule has 1 aliphatic heterocycles. The second kappa shape index (κ2) is 7.34. The maximum absolute atomic E-state index is 12.5. The monoisotopic (exact) mass is 368 g/mol. The molecule has 5 rings (SSSR count). The minimum atomic E-state index is 0.214. The summed E-state index contributed by atoms with van der Waals surface area (Å²) in [7, 11) is 0. The van der Waals surface area contributed by atoms with Crippen molar-refractivity contribution >= 4 is 5.78 Å². The molecule has 3 aromatic carbocycles. The lowest BCUT2D eigenvalue weighted by atomic mass is 10.0. The number of Topliss-reactive ketones (excluding diaryl/α,β-unsaturated/α-hetero) is 1. The predicted octanol–water partition coefficient (Wildman–Crippen LogP) is 4.26. The van der Waals surface area contributed by atoms with Gasteiger partial charge in [0.15, 0.2) is 5.78 Å². The fourth-order valence-corrected chi connectivity index (χ4v) is 4.62. The summed E-state index contributed by atoms with van der Waals surface area (Å²) in [6, 6.07) is 27.5. The van der Waals surface area contributed by atoms with E-state index in [1.165, 1.54) is 22.3 Å². The molecule has 0 radical (unpaired) electrons. The maximum atomic E-state index is 12.5. The zero-order chi connectivity index (χ0) is 18.9. The molecule has 0 amide bonds. The van der Waals surface area contributed by atoms with Gasteiger partial charge in [-0.15, -0.1) is 0 Å². The third-order valence-electron chi connectivity index (χ3n) is 6.04. The van der Waals surface area contributed by atoms with Crippen molar-refractivity contribution in [1.82, 2.24) is 9.80 Å². The first-order chi connectivity index (χ1) is 13.8.